The molecule has 27 heavy (non-hydrogen) atoms. The molecular formula is C22H39NO4. The Hall–Kier alpha value is -1.78. The second kappa shape index (κ2) is 16.4. The second-order valence-corrected chi connectivity index (χ2v) is 6.93. The average molecular weight is 382 g/mol. The van der Waals surface area contributed by atoms with Gasteiger partial charge in [-0.2, -0.15) is 0 Å². The topological polar surface area (TPSA) is 55.8 Å². The van der Waals surface area contributed by atoms with Crippen molar-refractivity contribution in [1.29, 1.82) is 0 Å². The van der Waals surface area contributed by atoms with E-state index in [1.165, 1.54) is 30.4 Å². The zero-order chi connectivity index (χ0) is 20.5. The van der Waals surface area contributed by atoms with Crippen LogP contribution in [0.25, 0.3) is 0 Å². The van der Waals surface area contributed by atoms with Crippen LogP contribution in [0.1, 0.15) is 85.5 Å². The fraction of sp³-hybridized carbons (Fsp3) is 0.727. The van der Waals surface area contributed by atoms with Crippen LogP contribution in [0, 0.1) is 5.92 Å². The first-order chi connectivity index (χ1) is 13.0. The van der Waals surface area contributed by atoms with Gasteiger partial charge in [0.15, 0.2) is 0 Å². The number of hydrogen-bond donors (Lipinski definition) is 0. The molecule has 5 heteroatoms. The highest BCUT2D eigenvalue weighted by Crippen LogP contribution is 2.10. The number of allylic oxidation sites excluding steroid dienone is 1. The molecule has 0 heterocycles. The van der Waals surface area contributed by atoms with Gasteiger partial charge in [-0.05, 0) is 18.8 Å². The molecule has 156 valence electrons. The Labute approximate surface area is 165 Å². The first kappa shape index (κ1) is 25.2. The first-order valence-electron chi connectivity index (χ1n) is 10.4. The molecular weight excluding hydrogens is 342 g/mol. The van der Waals surface area contributed by atoms with Gasteiger partial charge in [-0.25, -0.2) is 4.79 Å². The average Bonchev–Trinajstić information content (AvgIpc) is 2.67. The molecule has 5 nitrogen and oxygen atoms in total. The Balaban J connectivity index is 4.20. The highest BCUT2D eigenvalue weighted by atomic mass is 16.6. The lowest BCUT2D eigenvalue weighted by Crippen LogP contribution is -2.30. The van der Waals surface area contributed by atoms with E-state index >= 15 is 0 Å². The Morgan fingerprint density at radius 2 is 1.70 bits per heavy atom. The number of amides is 1. The molecule has 0 saturated carbocycles. The van der Waals surface area contributed by atoms with Gasteiger partial charge in [0.1, 0.15) is 12.7 Å². The summed E-state index contributed by atoms with van der Waals surface area (Å²) in [6.07, 6.45) is 12.8. The molecule has 2 unspecified atom stereocenters. The van der Waals surface area contributed by atoms with Crippen LogP contribution in [0.15, 0.2) is 25.1 Å². The third-order valence-electron chi connectivity index (χ3n) is 4.51. The summed E-state index contributed by atoms with van der Waals surface area (Å²) in [7, 11) is 0. The normalized spacial score (nSPS) is 13.2. The van der Waals surface area contributed by atoms with E-state index in [1.54, 1.807) is 6.20 Å². The largest absolute Gasteiger partial charge is 0.462 e. The maximum absolute atomic E-state index is 12.2. The molecule has 0 rings (SSSR count). The molecule has 0 aliphatic heterocycles. The van der Waals surface area contributed by atoms with E-state index in [4.69, 9.17) is 9.47 Å². The third kappa shape index (κ3) is 13.1. The summed E-state index contributed by atoms with van der Waals surface area (Å²) in [6.45, 7) is 12.0. The number of rotatable bonds is 15. The Bertz CT molecular complexity index is 448. The molecule has 0 saturated heterocycles. The van der Waals surface area contributed by atoms with Gasteiger partial charge in [0.2, 0.25) is 0 Å². The van der Waals surface area contributed by atoms with Crippen LogP contribution in [-0.4, -0.2) is 29.7 Å². The van der Waals surface area contributed by atoms with Crippen molar-refractivity contribution in [2.45, 2.75) is 91.6 Å². The van der Waals surface area contributed by atoms with E-state index in [1.807, 2.05) is 13.0 Å². The quantitative estimate of drug-likeness (QED) is 0.250. The lowest BCUT2D eigenvalue weighted by Gasteiger charge is -2.20. The summed E-state index contributed by atoms with van der Waals surface area (Å²) in [4.78, 5) is 25.4. The molecule has 1 amide bonds. The summed E-state index contributed by atoms with van der Waals surface area (Å²) < 4.78 is 10.7. The lowest BCUT2D eigenvalue weighted by molar-refractivity contribution is -0.147. The Morgan fingerprint density at radius 1 is 1.04 bits per heavy atom. The second-order valence-electron chi connectivity index (χ2n) is 6.93. The molecule has 0 radical (unpaired) electrons. The number of esters is 1. The van der Waals surface area contributed by atoms with Crippen molar-refractivity contribution in [3.05, 3.63) is 25.1 Å². The number of hydrogen-bond acceptors (Lipinski definition) is 4. The van der Waals surface area contributed by atoms with E-state index in [-0.39, 0.29) is 12.6 Å². The predicted molar refractivity (Wildman–Crippen MR) is 110 cm³/mol. The van der Waals surface area contributed by atoms with Crippen molar-refractivity contribution in [2.75, 3.05) is 6.61 Å². The van der Waals surface area contributed by atoms with Crippen molar-refractivity contribution >= 4 is 12.1 Å². The van der Waals surface area contributed by atoms with Crippen LogP contribution in [0.3, 0.4) is 0 Å². The van der Waals surface area contributed by atoms with Crippen molar-refractivity contribution in [1.82, 2.24) is 4.90 Å². The Kier molecular flexibility index (Phi) is 15.3. The molecule has 0 spiro atoms. The van der Waals surface area contributed by atoms with Crippen LogP contribution in [-0.2, 0) is 14.3 Å². The molecule has 0 N–H and O–H groups in total. The van der Waals surface area contributed by atoms with E-state index in [2.05, 4.69) is 27.4 Å². The molecule has 0 aliphatic rings. The summed E-state index contributed by atoms with van der Waals surface area (Å²) in [5, 5.41) is 0. The molecule has 0 aromatic rings. The predicted octanol–water partition coefficient (Wildman–Crippen LogP) is 6.20. The molecule has 0 aromatic heterocycles. The van der Waals surface area contributed by atoms with Crippen LogP contribution in [0.4, 0.5) is 4.79 Å². The number of carbonyl (C=O) groups excluding carboxylic acids is 2. The Morgan fingerprint density at radius 3 is 2.30 bits per heavy atom. The molecule has 0 bridgehead atoms. The van der Waals surface area contributed by atoms with Crippen LogP contribution >= 0.6 is 0 Å². The number of unbranched alkanes of at least 4 members (excludes halogenated alkanes) is 5. The lowest BCUT2D eigenvalue weighted by atomic mass is 10.1. The van der Waals surface area contributed by atoms with Crippen molar-refractivity contribution < 1.29 is 19.1 Å². The van der Waals surface area contributed by atoms with Crippen LogP contribution in [0.5, 0.6) is 0 Å². The minimum absolute atomic E-state index is 0.0942. The van der Waals surface area contributed by atoms with Crippen molar-refractivity contribution in [3.63, 3.8) is 0 Å². The van der Waals surface area contributed by atoms with Gasteiger partial charge in [0.05, 0.1) is 0 Å². The standard InChI is InChI=1S/C22H39NO4/c1-6-10-11-12-13-14-15-21(24)26-18-20(8-3)27-22(25)23(9-4)17-16-19(5)7-2/h9,16-17,19-20H,4,6-8,10-15,18H2,1-3,5H3/b17-16-. The smallest absolute Gasteiger partial charge is 0.418 e. The van der Waals surface area contributed by atoms with Crippen molar-refractivity contribution in [3.8, 4) is 0 Å². The minimum Gasteiger partial charge on any atom is -0.462 e. The molecule has 0 aromatic carbocycles. The number of carbonyl (C=O) groups is 2. The monoisotopic (exact) mass is 381 g/mol. The van der Waals surface area contributed by atoms with Crippen molar-refractivity contribution in [2.24, 2.45) is 5.92 Å². The molecule has 2 atom stereocenters. The van der Waals surface area contributed by atoms with E-state index in [0.29, 0.717) is 18.8 Å². The molecule has 0 aliphatic carbocycles. The van der Waals surface area contributed by atoms with E-state index < -0.39 is 12.2 Å². The highest BCUT2D eigenvalue weighted by Gasteiger charge is 2.18. The minimum atomic E-state index is -0.511. The summed E-state index contributed by atoms with van der Waals surface area (Å²) >= 11 is 0. The summed E-state index contributed by atoms with van der Waals surface area (Å²) in [6, 6.07) is 0. The van der Waals surface area contributed by atoms with Crippen LogP contribution in [0.2, 0.25) is 0 Å². The zero-order valence-corrected chi connectivity index (χ0v) is 17.7. The van der Waals surface area contributed by atoms with Gasteiger partial charge < -0.3 is 9.47 Å². The van der Waals surface area contributed by atoms with Gasteiger partial charge in [-0.15, -0.1) is 0 Å². The highest BCUT2D eigenvalue weighted by molar-refractivity contribution is 5.70. The van der Waals surface area contributed by atoms with Gasteiger partial charge >= 0.3 is 12.1 Å². The zero-order valence-electron chi connectivity index (χ0n) is 17.7. The van der Waals surface area contributed by atoms with Gasteiger partial charge in [0.25, 0.3) is 0 Å². The van der Waals surface area contributed by atoms with Gasteiger partial charge in [-0.1, -0.05) is 78.9 Å². The first-order valence-corrected chi connectivity index (χ1v) is 10.4. The third-order valence-corrected chi connectivity index (χ3v) is 4.51. The maximum atomic E-state index is 12.2. The number of nitrogens with zero attached hydrogens (tertiary/aromatic N) is 1. The fourth-order valence-corrected chi connectivity index (χ4v) is 2.32. The maximum Gasteiger partial charge on any atom is 0.418 e. The summed E-state index contributed by atoms with van der Waals surface area (Å²) in [5.74, 6) is 0.141. The van der Waals surface area contributed by atoms with E-state index in [9.17, 15) is 9.59 Å². The van der Waals surface area contributed by atoms with Gasteiger partial charge in [0, 0.05) is 18.8 Å². The van der Waals surface area contributed by atoms with Crippen LogP contribution < -0.4 is 0 Å². The van der Waals surface area contributed by atoms with E-state index in [0.717, 1.165) is 25.7 Å². The SMILES string of the molecule is C=CN(/C=C\C(C)CC)C(=O)OC(CC)COC(=O)CCCCCCCC. The fourth-order valence-electron chi connectivity index (χ4n) is 2.32. The van der Waals surface area contributed by atoms with Gasteiger partial charge in [-0.3, -0.25) is 9.69 Å². The number of ether oxygens (including phenoxy) is 2. The summed E-state index contributed by atoms with van der Waals surface area (Å²) in [5.41, 5.74) is 0. The molecule has 0 fully saturated rings.